The van der Waals surface area contributed by atoms with Gasteiger partial charge in [0, 0.05) is 11.9 Å². The third-order valence-corrected chi connectivity index (χ3v) is 5.03. The van der Waals surface area contributed by atoms with Crippen LogP contribution in [0.2, 0.25) is 0 Å². The van der Waals surface area contributed by atoms with E-state index < -0.39 is 6.03 Å². The lowest BCUT2D eigenvalue weighted by atomic mass is 10.00. The Bertz CT molecular complexity index is 994. The van der Waals surface area contributed by atoms with Gasteiger partial charge in [-0.3, -0.25) is 4.79 Å². The first-order valence-corrected chi connectivity index (χ1v) is 8.53. The van der Waals surface area contributed by atoms with Gasteiger partial charge in [0.2, 0.25) is 5.91 Å². The van der Waals surface area contributed by atoms with Gasteiger partial charge in [-0.2, -0.15) is 9.78 Å². The fourth-order valence-electron chi connectivity index (χ4n) is 3.56. The van der Waals surface area contributed by atoms with Crippen LogP contribution < -0.4 is 5.73 Å². The van der Waals surface area contributed by atoms with Crippen molar-refractivity contribution in [1.82, 2.24) is 14.7 Å². The van der Waals surface area contributed by atoms with Crippen molar-refractivity contribution >= 4 is 22.8 Å². The minimum atomic E-state index is -0.620. The standard InChI is InChI=1S/C20H19N4O2/c1-13(14-5-3-2-4-6-14)23-12-17-15(8-10-19(23)25)7-9-18-16(17)11-22-24(18)20(21)26/h2-7,9-11,13H,8,12H2,1H3,(H2,21,26)/t13-/m1/s1. The van der Waals surface area contributed by atoms with Crippen molar-refractivity contribution < 1.29 is 9.59 Å². The quantitative estimate of drug-likeness (QED) is 0.774. The van der Waals surface area contributed by atoms with Crippen molar-refractivity contribution in [2.45, 2.75) is 25.9 Å². The molecule has 1 radical (unpaired) electrons. The van der Waals surface area contributed by atoms with Crippen LogP contribution in [-0.4, -0.2) is 26.6 Å². The Kier molecular flexibility index (Phi) is 3.95. The number of carbonyl (C=O) groups is 2. The molecule has 6 heteroatoms. The Hall–Kier alpha value is -3.15. The average molecular weight is 347 g/mol. The zero-order chi connectivity index (χ0) is 18.3. The summed E-state index contributed by atoms with van der Waals surface area (Å²) >= 11 is 0. The number of carbonyl (C=O) groups excluding carboxylic acids is 2. The van der Waals surface area contributed by atoms with Crippen LogP contribution >= 0.6 is 0 Å². The van der Waals surface area contributed by atoms with Gasteiger partial charge in [-0.1, -0.05) is 36.4 Å². The monoisotopic (exact) mass is 347 g/mol. The molecule has 2 aromatic carbocycles. The Morgan fingerprint density at radius 1 is 1.19 bits per heavy atom. The molecule has 2 heterocycles. The van der Waals surface area contributed by atoms with Gasteiger partial charge in [0.15, 0.2) is 0 Å². The van der Waals surface area contributed by atoms with Crippen LogP contribution in [0.25, 0.3) is 10.9 Å². The van der Waals surface area contributed by atoms with E-state index in [1.165, 1.54) is 4.68 Å². The highest BCUT2D eigenvalue weighted by Gasteiger charge is 2.27. The molecular formula is C20H19N4O2. The van der Waals surface area contributed by atoms with E-state index in [0.717, 1.165) is 22.1 Å². The molecule has 1 aliphatic rings. The molecule has 26 heavy (non-hydrogen) atoms. The van der Waals surface area contributed by atoms with Crippen LogP contribution in [-0.2, 0) is 17.8 Å². The number of primary amides is 1. The molecule has 0 aliphatic carbocycles. The average Bonchev–Trinajstić information content (AvgIpc) is 3.02. The lowest BCUT2D eigenvalue weighted by Crippen LogP contribution is -2.32. The first-order chi connectivity index (χ1) is 12.6. The number of benzene rings is 2. The topological polar surface area (TPSA) is 81.2 Å². The van der Waals surface area contributed by atoms with Crippen LogP contribution in [0.3, 0.4) is 0 Å². The Morgan fingerprint density at radius 2 is 1.96 bits per heavy atom. The second-order valence-electron chi connectivity index (χ2n) is 6.49. The van der Waals surface area contributed by atoms with Crippen molar-refractivity contribution in [3.05, 3.63) is 71.8 Å². The van der Waals surface area contributed by atoms with Crippen LogP contribution in [0.15, 0.2) is 48.7 Å². The van der Waals surface area contributed by atoms with Gasteiger partial charge in [-0.25, -0.2) is 4.79 Å². The summed E-state index contributed by atoms with van der Waals surface area (Å²) in [4.78, 5) is 26.1. The molecule has 6 nitrogen and oxygen atoms in total. The maximum Gasteiger partial charge on any atom is 0.340 e. The highest BCUT2D eigenvalue weighted by atomic mass is 16.2. The first-order valence-electron chi connectivity index (χ1n) is 8.53. The van der Waals surface area contributed by atoms with Crippen LogP contribution in [0.4, 0.5) is 4.79 Å². The maximum atomic E-state index is 12.7. The van der Waals surface area contributed by atoms with E-state index in [2.05, 4.69) is 5.10 Å². The summed E-state index contributed by atoms with van der Waals surface area (Å²) < 4.78 is 1.19. The summed E-state index contributed by atoms with van der Waals surface area (Å²) in [5.74, 6) is 0.00740. The summed E-state index contributed by atoms with van der Waals surface area (Å²) in [6.07, 6.45) is 3.93. The molecule has 0 bridgehead atoms. The zero-order valence-corrected chi connectivity index (χ0v) is 14.4. The van der Waals surface area contributed by atoms with Gasteiger partial charge in [0.05, 0.1) is 24.2 Å². The van der Waals surface area contributed by atoms with Crippen molar-refractivity contribution in [2.75, 3.05) is 0 Å². The van der Waals surface area contributed by atoms with Gasteiger partial charge in [-0.05, 0) is 36.1 Å². The second kappa shape index (κ2) is 6.29. The Labute approximate surface area is 151 Å². The molecule has 2 amide bonds. The Balaban J connectivity index is 1.79. The molecule has 0 saturated carbocycles. The number of nitrogens with two attached hydrogens (primary N) is 1. The zero-order valence-electron chi connectivity index (χ0n) is 14.4. The fraction of sp³-hybridized carbons (Fsp3) is 0.200. The smallest absolute Gasteiger partial charge is 0.340 e. The molecule has 0 fully saturated rings. The van der Waals surface area contributed by atoms with Crippen molar-refractivity contribution in [3.8, 4) is 0 Å². The number of nitrogens with zero attached hydrogens (tertiary/aromatic N) is 3. The van der Waals surface area contributed by atoms with Gasteiger partial charge in [0.25, 0.3) is 0 Å². The minimum absolute atomic E-state index is 0.00740. The minimum Gasteiger partial charge on any atom is -0.350 e. The molecule has 1 atom stereocenters. The molecule has 1 aromatic heterocycles. The third kappa shape index (κ3) is 2.63. The predicted octanol–water partition coefficient (Wildman–Crippen LogP) is 2.81. The van der Waals surface area contributed by atoms with E-state index >= 15 is 0 Å². The summed E-state index contributed by atoms with van der Waals surface area (Å²) in [5, 5.41) is 4.97. The summed E-state index contributed by atoms with van der Waals surface area (Å²) in [5.41, 5.74) is 9.22. The van der Waals surface area contributed by atoms with Crippen molar-refractivity contribution in [1.29, 1.82) is 0 Å². The highest BCUT2D eigenvalue weighted by molar-refractivity contribution is 5.93. The van der Waals surface area contributed by atoms with Gasteiger partial charge in [0.1, 0.15) is 0 Å². The fourth-order valence-corrected chi connectivity index (χ4v) is 3.56. The summed E-state index contributed by atoms with van der Waals surface area (Å²) in [6, 6.07) is 13.0. The first kappa shape index (κ1) is 16.3. The molecule has 0 saturated heterocycles. The molecule has 1 aliphatic heterocycles. The van der Waals surface area contributed by atoms with Gasteiger partial charge in [-0.15, -0.1) is 0 Å². The molecule has 131 valence electrons. The predicted molar refractivity (Wildman–Crippen MR) is 98.1 cm³/mol. The number of hydrogen-bond acceptors (Lipinski definition) is 3. The maximum absolute atomic E-state index is 12.7. The van der Waals surface area contributed by atoms with Crippen LogP contribution in [0.5, 0.6) is 0 Å². The normalized spacial score (nSPS) is 15.6. The van der Waals surface area contributed by atoms with E-state index in [1.807, 2.05) is 54.3 Å². The van der Waals surface area contributed by atoms with Crippen LogP contribution in [0.1, 0.15) is 29.7 Å². The lowest BCUT2D eigenvalue weighted by molar-refractivity contribution is -0.130. The molecule has 4 rings (SSSR count). The summed E-state index contributed by atoms with van der Waals surface area (Å²) in [7, 11) is 0. The third-order valence-electron chi connectivity index (χ3n) is 5.03. The van der Waals surface area contributed by atoms with E-state index in [1.54, 1.807) is 12.6 Å². The van der Waals surface area contributed by atoms with Gasteiger partial charge >= 0.3 is 6.03 Å². The molecule has 3 aromatic rings. The number of hydrogen-bond donors (Lipinski definition) is 1. The molecule has 0 unspecified atom stereocenters. The van der Waals surface area contributed by atoms with Crippen LogP contribution in [0, 0.1) is 6.42 Å². The number of fused-ring (bicyclic) bond motifs is 3. The number of aromatic nitrogens is 2. The largest absolute Gasteiger partial charge is 0.350 e. The summed E-state index contributed by atoms with van der Waals surface area (Å²) in [6.45, 7) is 2.49. The van der Waals surface area contributed by atoms with Gasteiger partial charge < -0.3 is 10.6 Å². The number of amides is 2. The molecular weight excluding hydrogens is 328 g/mol. The molecule has 0 spiro atoms. The highest BCUT2D eigenvalue weighted by Crippen LogP contribution is 2.31. The second-order valence-corrected chi connectivity index (χ2v) is 6.49. The van der Waals surface area contributed by atoms with E-state index in [-0.39, 0.29) is 11.9 Å². The lowest BCUT2D eigenvalue weighted by Gasteiger charge is -2.29. The van der Waals surface area contributed by atoms with E-state index in [9.17, 15) is 9.59 Å². The van der Waals surface area contributed by atoms with E-state index in [4.69, 9.17) is 5.73 Å². The van der Waals surface area contributed by atoms with Crippen molar-refractivity contribution in [2.24, 2.45) is 5.73 Å². The molecule has 2 N–H and O–H groups in total. The van der Waals surface area contributed by atoms with Crippen molar-refractivity contribution in [3.63, 3.8) is 0 Å². The van der Waals surface area contributed by atoms with E-state index in [0.29, 0.717) is 18.5 Å². The Morgan fingerprint density at radius 3 is 2.69 bits per heavy atom. The number of rotatable bonds is 2. The SMILES string of the molecule is C[C@H](c1ccccc1)N1Cc2c(ccc3c2cnn3C(N)=O)C[CH]C1=O.